The lowest BCUT2D eigenvalue weighted by Crippen LogP contribution is -2.19. The Morgan fingerprint density at radius 3 is 2.55 bits per heavy atom. The molecule has 1 nitrogen and oxygen atoms in total. The molecule has 0 aromatic heterocycles. The third kappa shape index (κ3) is 3.98. The van der Waals surface area contributed by atoms with Crippen LogP contribution in [0.2, 0.25) is 10.0 Å². The second-order valence-electron chi connectivity index (χ2n) is 4.72. The van der Waals surface area contributed by atoms with Crippen LogP contribution in [0.25, 0.3) is 0 Å². The highest BCUT2D eigenvalue weighted by atomic mass is 79.9. The summed E-state index contributed by atoms with van der Waals surface area (Å²) in [5, 5.41) is 4.65. The maximum Gasteiger partial charge on any atom is 0.0453 e. The molecule has 0 saturated carbocycles. The lowest BCUT2D eigenvalue weighted by atomic mass is 9.92. The predicted octanol–water partition coefficient (Wildman–Crippen LogP) is 5.30. The van der Waals surface area contributed by atoms with Gasteiger partial charge in [0, 0.05) is 27.0 Å². The molecular formula is C16H16BrCl2N. The van der Waals surface area contributed by atoms with E-state index in [-0.39, 0.29) is 0 Å². The molecule has 0 saturated heterocycles. The van der Waals surface area contributed by atoms with E-state index in [1.54, 1.807) is 6.07 Å². The van der Waals surface area contributed by atoms with E-state index < -0.39 is 0 Å². The molecule has 1 atom stereocenters. The molecule has 0 aliphatic rings. The van der Waals surface area contributed by atoms with E-state index in [4.69, 9.17) is 23.2 Å². The number of nitrogens with one attached hydrogen (secondary N) is 1. The van der Waals surface area contributed by atoms with Gasteiger partial charge in [0.05, 0.1) is 0 Å². The molecule has 2 aromatic carbocycles. The van der Waals surface area contributed by atoms with Crippen molar-refractivity contribution < 1.29 is 0 Å². The summed E-state index contributed by atoms with van der Waals surface area (Å²) in [6.45, 7) is 0.890. The van der Waals surface area contributed by atoms with Gasteiger partial charge in [0.1, 0.15) is 0 Å². The van der Waals surface area contributed by atoms with Crippen LogP contribution in [0.4, 0.5) is 0 Å². The molecule has 4 heteroatoms. The van der Waals surface area contributed by atoms with Crippen molar-refractivity contribution in [3.63, 3.8) is 0 Å². The lowest BCUT2D eigenvalue weighted by Gasteiger charge is -2.19. The number of halogens is 3. The zero-order valence-corrected chi connectivity index (χ0v) is 14.3. The first-order valence-electron chi connectivity index (χ1n) is 6.44. The molecule has 0 heterocycles. The Morgan fingerprint density at radius 2 is 1.90 bits per heavy atom. The summed E-state index contributed by atoms with van der Waals surface area (Å²) in [4.78, 5) is 0. The first-order chi connectivity index (χ1) is 9.61. The van der Waals surface area contributed by atoms with Crippen LogP contribution in [0.1, 0.15) is 17.0 Å². The summed E-state index contributed by atoms with van der Waals surface area (Å²) in [6.07, 6.45) is 0.874. The minimum atomic E-state index is 0.356. The van der Waals surface area contributed by atoms with Crippen LogP contribution < -0.4 is 5.32 Å². The van der Waals surface area contributed by atoms with Gasteiger partial charge in [0.25, 0.3) is 0 Å². The molecule has 0 spiro atoms. The topological polar surface area (TPSA) is 12.0 Å². The molecule has 0 aliphatic carbocycles. The normalized spacial score (nSPS) is 12.4. The average molecular weight is 373 g/mol. The molecule has 1 unspecified atom stereocenters. The van der Waals surface area contributed by atoms with Gasteiger partial charge in [-0.05, 0) is 42.8 Å². The first-order valence-corrected chi connectivity index (χ1v) is 7.99. The Morgan fingerprint density at radius 1 is 1.15 bits per heavy atom. The van der Waals surface area contributed by atoms with Crippen molar-refractivity contribution >= 4 is 39.1 Å². The molecule has 106 valence electrons. The third-order valence-corrected chi connectivity index (χ3v) is 4.59. The van der Waals surface area contributed by atoms with Gasteiger partial charge in [-0.1, -0.05) is 63.4 Å². The monoisotopic (exact) mass is 371 g/mol. The largest absolute Gasteiger partial charge is 0.319 e. The summed E-state index contributed by atoms with van der Waals surface area (Å²) in [5.41, 5.74) is 2.40. The zero-order valence-electron chi connectivity index (χ0n) is 11.2. The molecule has 0 aliphatic heterocycles. The Hall–Kier alpha value is -0.540. The van der Waals surface area contributed by atoms with Gasteiger partial charge in [0.15, 0.2) is 0 Å². The van der Waals surface area contributed by atoms with E-state index in [1.165, 1.54) is 5.56 Å². The molecule has 1 N–H and O–H groups in total. The van der Waals surface area contributed by atoms with Crippen molar-refractivity contribution in [2.75, 3.05) is 13.6 Å². The van der Waals surface area contributed by atoms with E-state index in [2.05, 4.69) is 39.4 Å². The Kier molecular flexibility index (Phi) is 5.91. The summed E-state index contributed by atoms with van der Waals surface area (Å²) in [6, 6.07) is 14.0. The molecule has 0 fully saturated rings. The molecule has 2 rings (SSSR count). The maximum absolute atomic E-state index is 6.28. The lowest BCUT2D eigenvalue weighted by molar-refractivity contribution is 0.624. The summed E-state index contributed by atoms with van der Waals surface area (Å²) >= 11 is 15.9. The van der Waals surface area contributed by atoms with Crippen molar-refractivity contribution in [2.24, 2.45) is 0 Å². The van der Waals surface area contributed by atoms with Crippen molar-refractivity contribution in [3.05, 3.63) is 68.1 Å². The molecule has 2 aromatic rings. The highest BCUT2D eigenvalue weighted by molar-refractivity contribution is 9.10. The van der Waals surface area contributed by atoms with Crippen molar-refractivity contribution in [1.82, 2.24) is 5.32 Å². The highest BCUT2D eigenvalue weighted by Crippen LogP contribution is 2.30. The van der Waals surface area contributed by atoms with Crippen LogP contribution in [0.15, 0.2) is 46.9 Å². The Balaban J connectivity index is 2.28. The quantitative estimate of drug-likeness (QED) is 0.750. The summed E-state index contributed by atoms with van der Waals surface area (Å²) < 4.78 is 1.13. The van der Waals surface area contributed by atoms with Gasteiger partial charge in [-0.15, -0.1) is 0 Å². The third-order valence-electron chi connectivity index (χ3n) is 3.28. The van der Waals surface area contributed by atoms with Crippen molar-refractivity contribution in [2.45, 2.75) is 12.3 Å². The number of rotatable bonds is 5. The molecule has 0 bridgehead atoms. The molecule has 20 heavy (non-hydrogen) atoms. The minimum absolute atomic E-state index is 0.356. The number of hydrogen-bond donors (Lipinski definition) is 1. The first kappa shape index (κ1) is 15.8. The Labute approximate surface area is 138 Å². The van der Waals surface area contributed by atoms with E-state index in [0.29, 0.717) is 10.9 Å². The van der Waals surface area contributed by atoms with E-state index >= 15 is 0 Å². The van der Waals surface area contributed by atoms with Crippen LogP contribution in [0, 0.1) is 0 Å². The van der Waals surface area contributed by atoms with E-state index in [1.807, 2.05) is 25.2 Å². The smallest absolute Gasteiger partial charge is 0.0453 e. The average Bonchev–Trinajstić information content (AvgIpc) is 2.42. The number of likely N-dealkylation sites (N-methyl/N-ethyl adjacent to an activating group) is 1. The fourth-order valence-electron chi connectivity index (χ4n) is 2.30. The van der Waals surface area contributed by atoms with Gasteiger partial charge in [-0.2, -0.15) is 0 Å². The maximum atomic E-state index is 6.28. The van der Waals surface area contributed by atoms with Crippen LogP contribution >= 0.6 is 39.1 Å². The van der Waals surface area contributed by atoms with E-state index in [9.17, 15) is 0 Å². The van der Waals surface area contributed by atoms with Gasteiger partial charge < -0.3 is 5.32 Å². The minimum Gasteiger partial charge on any atom is -0.319 e. The highest BCUT2D eigenvalue weighted by Gasteiger charge is 2.16. The van der Waals surface area contributed by atoms with Crippen LogP contribution in [0.3, 0.4) is 0 Å². The second kappa shape index (κ2) is 7.46. The van der Waals surface area contributed by atoms with Crippen LogP contribution in [0.5, 0.6) is 0 Å². The summed E-state index contributed by atoms with van der Waals surface area (Å²) in [5.74, 6) is 0.356. The van der Waals surface area contributed by atoms with Gasteiger partial charge >= 0.3 is 0 Å². The fraction of sp³-hybridized carbons (Fsp3) is 0.250. The van der Waals surface area contributed by atoms with Crippen molar-refractivity contribution in [3.8, 4) is 0 Å². The number of hydrogen-bond acceptors (Lipinski definition) is 1. The molecule has 0 radical (unpaired) electrons. The molecule has 0 amide bonds. The van der Waals surface area contributed by atoms with Crippen molar-refractivity contribution in [1.29, 1.82) is 0 Å². The predicted molar refractivity (Wildman–Crippen MR) is 91.0 cm³/mol. The van der Waals surface area contributed by atoms with Gasteiger partial charge in [-0.25, -0.2) is 0 Å². The van der Waals surface area contributed by atoms with Crippen LogP contribution in [-0.4, -0.2) is 13.6 Å². The fourth-order valence-corrected chi connectivity index (χ4v) is 3.39. The Bertz CT molecular complexity index is 586. The number of benzene rings is 2. The van der Waals surface area contributed by atoms with Crippen LogP contribution in [-0.2, 0) is 6.42 Å². The summed E-state index contributed by atoms with van der Waals surface area (Å²) in [7, 11) is 1.97. The van der Waals surface area contributed by atoms with Gasteiger partial charge in [-0.3, -0.25) is 0 Å². The second-order valence-corrected chi connectivity index (χ2v) is 6.41. The van der Waals surface area contributed by atoms with Gasteiger partial charge in [0.2, 0.25) is 0 Å². The standard InChI is InChI=1S/C16H16BrCl2N/c1-20-10-12(14-4-2-3-5-15(14)17)8-11-6-7-13(18)9-16(11)19/h2-7,9,12,20H,8,10H2,1H3. The van der Waals surface area contributed by atoms with E-state index in [0.717, 1.165) is 28.0 Å². The SMILES string of the molecule is CNCC(Cc1ccc(Cl)cc1Cl)c1ccccc1Br. The molecular weight excluding hydrogens is 357 g/mol. The zero-order chi connectivity index (χ0) is 14.5.